The van der Waals surface area contributed by atoms with E-state index in [1.54, 1.807) is 18.2 Å². The zero-order chi connectivity index (χ0) is 15.2. The van der Waals surface area contributed by atoms with Crippen LogP contribution in [0, 0.1) is 15.9 Å². The highest BCUT2D eigenvalue weighted by atomic mass is 19.1. The van der Waals surface area contributed by atoms with E-state index in [1.807, 2.05) is 0 Å². The Balaban J connectivity index is 2.16. The van der Waals surface area contributed by atoms with Gasteiger partial charge < -0.3 is 10.5 Å². The molecule has 0 aliphatic heterocycles. The van der Waals surface area contributed by atoms with Crippen LogP contribution in [-0.2, 0) is 13.0 Å². The molecule has 5 nitrogen and oxygen atoms in total. The largest absolute Gasteiger partial charge is 0.489 e. The van der Waals surface area contributed by atoms with Crippen LogP contribution >= 0.6 is 0 Å². The average Bonchev–Trinajstić information content (AvgIpc) is 2.46. The molecule has 6 heteroatoms. The van der Waals surface area contributed by atoms with E-state index in [0.717, 1.165) is 0 Å². The highest BCUT2D eigenvalue weighted by Crippen LogP contribution is 2.25. The highest BCUT2D eigenvalue weighted by Gasteiger charge is 2.11. The minimum atomic E-state index is -0.462. The summed E-state index contributed by atoms with van der Waals surface area (Å²) in [5.74, 6) is 0.192. The summed E-state index contributed by atoms with van der Waals surface area (Å²) in [6.45, 7) is 0.546. The van der Waals surface area contributed by atoms with E-state index in [9.17, 15) is 14.5 Å². The van der Waals surface area contributed by atoms with Crippen molar-refractivity contribution in [1.29, 1.82) is 0 Å². The van der Waals surface area contributed by atoms with Crippen LogP contribution in [0.2, 0.25) is 0 Å². The zero-order valence-electron chi connectivity index (χ0n) is 11.3. The Morgan fingerprint density at radius 3 is 2.71 bits per heavy atom. The van der Waals surface area contributed by atoms with Crippen molar-refractivity contribution in [2.24, 2.45) is 5.73 Å². The molecule has 0 amide bonds. The first-order valence-electron chi connectivity index (χ1n) is 6.45. The summed E-state index contributed by atoms with van der Waals surface area (Å²) in [6.07, 6.45) is 0.472. The van der Waals surface area contributed by atoms with Crippen molar-refractivity contribution in [1.82, 2.24) is 0 Å². The summed E-state index contributed by atoms with van der Waals surface area (Å²) in [5, 5.41) is 10.8. The number of ether oxygens (including phenoxy) is 1. The lowest BCUT2D eigenvalue weighted by atomic mass is 10.1. The smallest absolute Gasteiger partial charge is 0.269 e. The summed E-state index contributed by atoms with van der Waals surface area (Å²) in [7, 11) is 0. The minimum Gasteiger partial charge on any atom is -0.489 e. The van der Waals surface area contributed by atoms with Crippen LogP contribution in [0.15, 0.2) is 42.5 Å². The molecule has 0 aliphatic carbocycles. The predicted molar refractivity (Wildman–Crippen MR) is 76.6 cm³/mol. The molecule has 2 aromatic carbocycles. The number of nitro benzene ring substituents is 1. The number of nitrogens with zero attached hydrogens (tertiary/aromatic N) is 1. The van der Waals surface area contributed by atoms with Crippen LogP contribution in [0.5, 0.6) is 5.75 Å². The molecule has 0 fully saturated rings. The fourth-order valence-electron chi connectivity index (χ4n) is 1.96. The molecule has 0 atom stereocenters. The first kappa shape index (κ1) is 14.9. The predicted octanol–water partition coefficient (Wildman–Crippen LogP) is 2.81. The Hall–Kier alpha value is -2.47. The van der Waals surface area contributed by atoms with Crippen molar-refractivity contribution in [3.63, 3.8) is 0 Å². The van der Waals surface area contributed by atoms with Gasteiger partial charge in [-0.3, -0.25) is 10.1 Å². The summed E-state index contributed by atoms with van der Waals surface area (Å²) < 4.78 is 18.7. The third kappa shape index (κ3) is 4.00. The van der Waals surface area contributed by atoms with E-state index in [0.29, 0.717) is 29.8 Å². The summed E-state index contributed by atoms with van der Waals surface area (Å²) >= 11 is 0. The van der Waals surface area contributed by atoms with Gasteiger partial charge in [0.25, 0.3) is 5.69 Å². The average molecular weight is 290 g/mol. The molecule has 0 saturated heterocycles. The normalized spacial score (nSPS) is 10.4. The third-order valence-electron chi connectivity index (χ3n) is 2.95. The number of halogens is 1. The number of hydrogen-bond acceptors (Lipinski definition) is 4. The van der Waals surface area contributed by atoms with E-state index >= 15 is 0 Å². The number of nitro groups is 1. The second-order valence-electron chi connectivity index (χ2n) is 4.51. The number of non-ortho nitro benzene ring substituents is 1. The number of hydrogen-bond donors (Lipinski definition) is 1. The van der Waals surface area contributed by atoms with Gasteiger partial charge in [0.1, 0.15) is 18.2 Å². The molecule has 2 N–H and O–H groups in total. The molecule has 110 valence electrons. The molecule has 2 aromatic rings. The second-order valence-corrected chi connectivity index (χ2v) is 4.51. The first-order valence-corrected chi connectivity index (χ1v) is 6.45. The van der Waals surface area contributed by atoms with Gasteiger partial charge in [-0.05, 0) is 36.7 Å². The van der Waals surface area contributed by atoms with Gasteiger partial charge >= 0.3 is 0 Å². The van der Waals surface area contributed by atoms with Crippen LogP contribution in [0.3, 0.4) is 0 Å². The number of rotatable bonds is 6. The molecule has 2 rings (SSSR count). The van der Waals surface area contributed by atoms with Crippen molar-refractivity contribution in [2.75, 3.05) is 6.54 Å². The molecule has 21 heavy (non-hydrogen) atoms. The Kier molecular flexibility index (Phi) is 4.84. The van der Waals surface area contributed by atoms with Crippen LogP contribution in [0.1, 0.15) is 11.1 Å². The molecule has 0 bridgehead atoms. The Bertz CT molecular complexity index is 647. The van der Waals surface area contributed by atoms with Gasteiger partial charge in [-0.1, -0.05) is 12.1 Å². The van der Waals surface area contributed by atoms with E-state index in [2.05, 4.69) is 0 Å². The van der Waals surface area contributed by atoms with Gasteiger partial charge in [0.2, 0.25) is 0 Å². The lowest BCUT2D eigenvalue weighted by molar-refractivity contribution is -0.384. The van der Waals surface area contributed by atoms with E-state index in [4.69, 9.17) is 10.5 Å². The topological polar surface area (TPSA) is 78.4 Å². The maximum absolute atomic E-state index is 13.1. The van der Waals surface area contributed by atoms with Crippen LogP contribution < -0.4 is 10.5 Å². The van der Waals surface area contributed by atoms with Crippen LogP contribution in [-0.4, -0.2) is 11.5 Å². The zero-order valence-corrected chi connectivity index (χ0v) is 11.3. The quantitative estimate of drug-likeness (QED) is 0.655. The van der Waals surface area contributed by atoms with Crippen LogP contribution in [0.25, 0.3) is 0 Å². The Morgan fingerprint density at radius 1 is 1.24 bits per heavy atom. The lowest BCUT2D eigenvalue weighted by Crippen LogP contribution is -2.06. The molecule has 0 spiro atoms. The van der Waals surface area contributed by atoms with Crippen molar-refractivity contribution < 1.29 is 14.1 Å². The van der Waals surface area contributed by atoms with Crippen molar-refractivity contribution >= 4 is 5.69 Å². The van der Waals surface area contributed by atoms with Crippen molar-refractivity contribution in [3.8, 4) is 5.75 Å². The van der Waals surface area contributed by atoms with Gasteiger partial charge in [-0.25, -0.2) is 4.39 Å². The first-order chi connectivity index (χ1) is 10.1. The van der Waals surface area contributed by atoms with E-state index in [1.165, 1.54) is 24.3 Å². The van der Waals surface area contributed by atoms with Gasteiger partial charge in [-0.15, -0.1) is 0 Å². The van der Waals surface area contributed by atoms with Crippen molar-refractivity contribution in [2.45, 2.75) is 13.0 Å². The standard InChI is InChI=1S/C15H15FN2O3/c16-13-3-1-2-11(8-13)10-21-15-5-4-14(18(19)20)9-12(15)6-7-17/h1-5,8-9H,6-7,10,17H2. The van der Waals surface area contributed by atoms with Crippen LogP contribution in [0.4, 0.5) is 10.1 Å². The summed E-state index contributed by atoms with van der Waals surface area (Å²) in [4.78, 5) is 10.3. The maximum atomic E-state index is 13.1. The van der Waals surface area contributed by atoms with Gasteiger partial charge in [0.15, 0.2) is 0 Å². The summed E-state index contributed by atoms with van der Waals surface area (Å²) in [5.41, 5.74) is 6.86. The Morgan fingerprint density at radius 2 is 2.05 bits per heavy atom. The molecule has 0 aliphatic rings. The van der Waals surface area contributed by atoms with Gasteiger partial charge in [-0.2, -0.15) is 0 Å². The van der Waals surface area contributed by atoms with E-state index < -0.39 is 4.92 Å². The fourth-order valence-corrected chi connectivity index (χ4v) is 1.96. The lowest BCUT2D eigenvalue weighted by Gasteiger charge is -2.11. The monoisotopic (exact) mass is 290 g/mol. The fraction of sp³-hybridized carbons (Fsp3) is 0.200. The Labute approximate surface area is 121 Å². The molecular weight excluding hydrogens is 275 g/mol. The third-order valence-corrected chi connectivity index (χ3v) is 2.95. The summed E-state index contributed by atoms with van der Waals surface area (Å²) in [6, 6.07) is 10.5. The number of nitrogens with two attached hydrogens (primary N) is 1. The highest BCUT2D eigenvalue weighted by molar-refractivity contribution is 5.44. The van der Waals surface area contributed by atoms with Crippen molar-refractivity contribution in [3.05, 3.63) is 69.5 Å². The van der Waals surface area contributed by atoms with Gasteiger partial charge in [0.05, 0.1) is 4.92 Å². The SMILES string of the molecule is NCCc1cc([N+](=O)[O-])ccc1OCc1cccc(F)c1. The molecule has 0 aromatic heterocycles. The van der Waals surface area contributed by atoms with Gasteiger partial charge in [0, 0.05) is 17.7 Å². The van der Waals surface area contributed by atoms with E-state index in [-0.39, 0.29) is 18.1 Å². The second kappa shape index (κ2) is 6.81. The maximum Gasteiger partial charge on any atom is 0.269 e. The molecule has 0 radical (unpaired) electrons. The molecule has 0 unspecified atom stereocenters. The number of benzene rings is 2. The molecular formula is C15H15FN2O3. The minimum absolute atomic E-state index is 0.00319. The molecule has 0 heterocycles. The molecule has 0 saturated carbocycles.